The Balaban J connectivity index is 1.33. The number of hydrogen-bond donors (Lipinski definition) is 1. The first-order valence-electron chi connectivity index (χ1n) is 8.86. The van der Waals surface area contributed by atoms with Crippen LogP contribution in [-0.2, 0) is 0 Å². The van der Waals surface area contributed by atoms with Crippen molar-refractivity contribution in [1.29, 1.82) is 0 Å². The van der Waals surface area contributed by atoms with Gasteiger partial charge in [-0.2, -0.15) is 0 Å². The molecule has 0 bridgehead atoms. The number of carbonyl (C=O) groups is 1. The molecule has 1 aliphatic rings. The van der Waals surface area contributed by atoms with E-state index in [0.29, 0.717) is 36.3 Å². The molecule has 0 radical (unpaired) electrons. The van der Waals surface area contributed by atoms with Gasteiger partial charge in [-0.05, 0) is 36.4 Å². The molecule has 144 valence electrons. The van der Waals surface area contributed by atoms with Crippen molar-refractivity contribution in [2.24, 2.45) is 0 Å². The van der Waals surface area contributed by atoms with Crippen LogP contribution in [0.1, 0.15) is 0 Å². The number of thiazole rings is 1. The lowest BCUT2D eigenvalue weighted by Gasteiger charge is -2.35. The van der Waals surface area contributed by atoms with Gasteiger partial charge in [0.15, 0.2) is 5.13 Å². The summed E-state index contributed by atoms with van der Waals surface area (Å²) in [5.41, 5.74) is 2.72. The number of amides is 2. The van der Waals surface area contributed by atoms with E-state index in [4.69, 9.17) is 11.6 Å². The quantitative estimate of drug-likeness (QED) is 0.656. The molecule has 8 heteroatoms. The molecule has 0 atom stereocenters. The molecule has 1 saturated heterocycles. The highest BCUT2D eigenvalue weighted by molar-refractivity contribution is 7.14. The second-order valence-electron chi connectivity index (χ2n) is 6.43. The zero-order valence-corrected chi connectivity index (χ0v) is 16.5. The van der Waals surface area contributed by atoms with E-state index in [1.807, 2.05) is 29.6 Å². The number of piperazine rings is 1. The van der Waals surface area contributed by atoms with E-state index in [9.17, 15) is 9.18 Å². The number of carbonyl (C=O) groups excluding carboxylic acids is 1. The predicted molar refractivity (Wildman–Crippen MR) is 112 cm³/mol. The zero-order chi connectivity index (χ0) is 19.5. The molecular formula is C20H18ClFN4OS. The highest BCUT2D eigenvalue weighted by Crippen LogP contribution is 2.26. The number of rotatable bonds is 3. The van der Waals surface area contributed by atoms with E-state index in [2.05, 4.69) is 15.2 Å². The molecule has 4 rings (SSSR count). The topological polar surface area (TPSA) is 48.5 Å². The standard InChI is InChI=1S/C20H18ClFN4OS/c21-15-3-1-14(2-4-15)18-13-28-19(23-18)24-20(27)26-11-9-25(10-12-26)17-7-5-16(22)6-8-17/h1-8,13H,9-12H2,(H,23,24,27). The van der Waals surface area contributed by atoms with Gasteiger partial charge < -0.3 is 9.80 Å². The molecule has 28 heavy (non-hydrogen) atoms. The van der Waals surface area contributed by atoms with Crippen molar-refractivity contribution in [2.75, 3.05) is 36.4 Å². The molecule has 2 amide bonds. The van der Waals surface area contributed by atoms with Crippen molar-refractivity contribution in [1.82, 2.24) is 9.88 Å². The van der Waals surface area contributed by atoms with Crippen LogP contribution in [0.15, 0.2) is 53.9 Å². The second-order valence-corrected chi connectivity index (χ2v) is 7.72. The largest absolute Gasteiger partial charge is 0.368 e. The predicted octanol–water partition coefficient (Wildman–Crippen LogP) is 4.96. The Morgan fingerprint density at radius 3 is 2.39 bits per heavy atom. The summed E-state index contributed by atoms with van der Waals surface area (Å²) in [5, 5.41) is 6.02. The van der Waals surface area contributed by atoms with Crippen LogP contribution in [0.5, 0.6) is 0 Å². The number of aromatic nitrogens is 1. The van der Waals surface area contributed by atoms with Crippen LogP contribution in [0.25, 0.3) is 11.3 Å². The summed E-state index contributed by atoms with van der Waals surface area (Å²) in [5.74, 6) is -0.247. The van der Waals surface area contributed by atoms with E-state index in [1.165, 1.54) is 23.5 Å². The molecule has 0 aliphatic carbocycles. The smallest absolute Gasteiger partial charge is 0.323 e. The Bertz CT molecular complexity index is 953. The van der Waals surface area contributed by atoms with Crippen LogP contribution >= 0.6 is 22.9 Å². The SMILES string of the molecule is O=C(Nc1nc(-c2ccc(Cl)cc2)cs1)N1CCN(c2ccc(F)cc2)CC1. The summed E-state index contributed by atoms with van der Waals surface area (Å²) < 4.78 is 13.1. The second kappa shape index (κ2) is 8.16. The van der Waals surface area contributed by atoms with Gasteiger partial charge in [0.25, 0.3) is 0 Å². The van der Waals surface area contributed by atoms with Crippen LogP contribution in [-0.4, -0.2) is 42.1 Å². The number of nitrogens with zero attached hydrogens (tertiary/aromatic N) is 3. The van der Waals surface area contributed by atoms with Crippen molar-refractivity contribution in [3.63, 3.8) is 0 Å². The van der Waals surface area contributed by atoms with Crippen molar-refractivity contribution >= 4 is 39.8 Å². The Kier molecular flexibility index (Phi) is 5.45. The fraction of sp³-hybridized carbons (Fsp3) is 0.200. The Labute approximate surface area is 171 Å². The molecule has 0 saturated carbocycles. The normalized spacial score (nSPS) is 14.2. The summed E-state index contributed by atoms with van der Waals surface area (Å²) >= 11 is 7.31. The molecule has 1 aromatic heterocycles. The molecule has 0 spiro atoms. The molecule has 2 aromatic carbocycles. The lowest BCUT2D eigenvalue weighted by Crippen LogP contribution is -2.50. The van der Waals surface area contributed by atoms with Crippen molar-refractivity contribution in [3.8, 4) is 11.3 Å². The van der Waals surface area contributed by atoms with Gasteiger partial charge >= 0.3 is 6.03 Å². The van der Waals surface area contributed by atoms with Gasteiger partial charge in [-0.1, -0.05) is 23.7 Å². The minimum Gasteiger partial charge on any atom is -0.368 e. The minimum absolute atomic E-state index is 0.157. The van der Waals surface area contributed by atoms with Crippen molar-refractivity contribution in [3.05, 3.63) is 64.8 Å². The molecular weight excluding hydrogens is 399 g/mol. The average molecular weight is 417 g/mol. The van der Waals surface area contributed by atoms with Crippen LogP contribution in [0.4, 0.5) is 20.0 Å². The summed E-state index contributed by atoms with van der Waals surface area (Å²) in [7, 11) is 0. The van der Waals surface area contributed by atoms with Gasteiger partial charge in [-0.3, -0.25) is 5.32 Å². The Hall–Kier alpha value is -2.64. The molecule has 0 unspecified atom stereocenters. The fourth-order valence-corrected chi connectivity index (χ4v) is 3.91. The van der Waals surface area contributed by atoms with Gasteiger partial charge in [0.2, 0.25) is 0 Å². The first-order valence-corrected chi connectivity index (χ1v) is 10.1. The van der Waals surface area contributed by atoms with Crippen LogP contribution in [0.2, 0.25) is 5.02 Å². The Morgan fingerprint density at radius 1 is 1.04 bits per heavy atom. The number of halogens is 2. The molecule has 3 aromatic rings. The molecule has 2 heterocycles. The van der Waals surface area contributed by atoms with Crippen LogP contribution in [0, 0.1) is 5.82 Å². The fourth-order valence-electron chi connectivity index (χ4n) is 3.07. The van der Waals surface area contributed by atoms with E-state index >= 15 is 0 Å². The van der Waals surface area contributed by atoms with E-state index in [-0.39, 0.29) is 11.8 Å². The van der Waals surface area contributed by atoms with Crippen LogP contribution in [0.3, 0.4) is 0 Å². The van der Waals surface area contributed by atoms with E-state index < -0.39 is 0 Å². The summed E-state index contributed by atoms with van der Waals surface area (Å²) in [4.78, 5) is 20.9. The number of hydrogen-bond acceptors (Lipinski definition) is 4. The monoisotopic (exact) mass is 416 g/mol. The average Bonchev–Trinajstić information content (AvgIpc) is 3.18. The number of benzene rings is 2. The van der Waals surface area contributed by atoms with Crippen molar-refractivity contribution < 1.29 is 9.18 Å². The third-order valence-corrected chi connectivity index (χ3v) is 5.63. The maximum absolute atomic E-state index is 13.1. The van der Waals surface area contributed by atoms with Gasteiger partial charge in [-0.15, -0.1) is 11.3 Å². The molecule has 1 aliphatic heterocycles. The van der Waals surface area contributed by atoms with E-state index in [0.717, 1.165) is 16.9 Å². The lowest BCUT2D eigenvalue weighted by molar-refractivity contribution is 0.208. The number of urea groups is 1. The first-order chi connectivity index (χ1) is 13.6. The summed E-state index contributed by atoms with van der Waals surface area (Å²) in [6, 6.07) is 13.7. The zero-order valence-electron chi connectivity index (χ0n) is 14.9. The van der Waals surface area contributed by atoms with Gasteiger partial charge in [0, 0.05) is 47.8 Å². The minimum atomic E-state index is -0.247. The molecule has 5 nitrogen and oxygen atoms in total. The summed E-state index contributed by atoms with van der Waals surface area (Å²) in [6.07, 6.45) is 0. The highest BCUT2D eigenvalue weighted by atomic mass is 35.5. The molecule has 1 N–H and O–H groups in total. The first kappa shape index (κ1) is 18.7. The van der Waals surface area contributed by atoms with Crippen LogP contribution < -0.4 is 10.2 Å². The van der Waals surface area contributed by atoms with E-state index in [1.54, 1.807) is 17.0 Å². The number of nitrogens with one attached hydrogen (secondary N) is 1. The van der Waals surface area contributed by atoms with Gasteiger partial charge in [-0.25, -0.2) is 14.2 Å². The maximum atomic E-state index is 13.1. The third-order valence-electron chi connectivity index (χ3n) is 4.62. The Morgan fingerprint density at radius 2 is 1.71 bits per heavy atom. The number of anilines is 2. The summed E-state index contributed by atoms with van der Waals surface area (Å²) in [6.45, 7) is 2.59. The third kappa shape index (κ3) is 4.26. The lowest BCUT2D eigenvalue weighted by atomic mass is 10.2. The highest BCUT2D eigenvalue weighted by Gasteiger charge is 2.22. The molecule has 1 fully saturated rings. The van der Waals surface area contributed by atoms with Gasteiger partial charge in [0.1, 0.15) is 5.82 Å². The van der Waals surface area contributed by atoms with Crippen molar-refractivity contribution in [2.45, 2.75) is 0 Å². The van der Waals surface area contributed by atoms with Gasteiger partial charge in [0.05, 0.1) is 5.69 Å². The maximum Gasteiger partial charge on any atom is 0.323 e.